The molecular weight excluding hydrogens is 270 g/mol. The molecule has 2 rings (SSSR count). The number of benzene rings is 1. The molecule has 1 heterocycles. The van der Waals surface area contributed by atoms with E-state index in [0.717, 1.165) is 12.1 Å². The number of carbonyl (C=O) groups is 1. The molecule has 0 bridgehead atoms. The van der Waals surface area contributed by atoms with Crippen LogP contribution in [0.3, 0.4) is 0 Å². The molecule has 1 aromatic carbocycles. The Labute approximate surface area is 113 Å². The van der Waals surface area contributed by atoms with E-state index >= 15 is 0 Å². The van der Waals surface area contributed by atoms with Crippen LogP contribution >= 0.6 is 0 Å². The van der Waals surface area contributed by atoms with Crippen LogP contribution in [0.1, 0.15) is 19.7 Å². The van der Waals surface area contributed by atoms with Gasteiger partial charge in [-0.05, 0) is 13.8 Å². The van der Waals surface area contributed by atoms with E-state index in [1.54, 1.807) is 0 Å². The van der Waals surface area contributed by atoms with Gasteiger partial charge >= 0.3 is 5.97 Å². The zero-order valence-corrected chi connectivity index (χ0v) is 11.3. The summed E-state index contributed by atoms with van der Waals surface area (Å²) in [5, 5.41) is 9.33. The Kier molecular flexibility index (Phi) is 3.47. The van der Waals surface area contributed by atoms with Gasteiger partial charge in [0, 0.05) is 19.2 Å². The Morgan fingerprint density at radius 3 is 2.55 bits per heavy atom. The number of imidazole rings is 1. The van der Waals surface area contributed by atoms with Gasteiger partial charge in [-0.3, -0.25) is 0 Å². The second-order valence-corrected chi connectivity index (χ2v) is 4.92. The van der Waals surface area contributed by atoms with Crippen molar-refractivity contribution in [2.45, 2.75) is 26.0 Å². The van der Waals surface area contributed by atoms with Crippen molar-refractivity contribution in [3.05, 3.63) is 29.6 Å². The van der Waals surface area contributed by atoms with Gasteiger partial charge in [0.25, 0.3) is 0 Å². The third-order valence-corrected chi connectivity index (χ3v) is 3.12. The maximum absolute atomic E-state index is 13.4. The lowest BCUT2D eigenvalue weighted by atomic mass is 10.1. The summed E-state index contributed by atoms with van der Waals surface area (Å²) in [7, 11) is 1.43. The molecule has 5 nitrogen and oxygen atoms in total. The maximum atomic E-state index is 13.4. The van der Waals surface area contributed by atoms with Gasteiger partial charge in [0.15, 0.2) is 11.6 Å². The lowest BCUT2D eigenvalue weighted by Crippen LogP contribution is -2.37. The van der Waals surface area contributed by atoms with E-state index in [9.17, 15) is 18.7 Å². The van der Waals surface area contributed by atoms with Gasteiger partial charge in [-0.15, -0.1) is 0 Å². The van der Waals surface area contributed by atoms with Crippen molar-refractivity contribution in [2.75, 3.05) is 7.11 Å². The van der Waals surface area contributed by atoms with Gasteiger partial charge in [0.1, 0.15) is 18.0 Å². The van der Waals surface area contributed by atoms with E-state index in [1.807, 2.05) is 0 Å². The number of aromatic nitrogens is 2. The second kappa shape index (κ2) is 4.82. The number of halogens is 2. The van der Waals surface area contributed by atoms with E-state index in [4.69, 9.17) is 4.74 Å². The van der Waals surface area contributed by atoms with Crippen molar-refractivity contribution in [3.8, 4) is 0 Å². The second-order valence-electron chi connectivity index (χ2n) is 4.92. The summed E-state index contributed by atoms with van der Waals surface area (Å²) in [5.74, 6) is -2.90. The van der Waals surface area contributed by atoms with Crippen molar-refractivity contribution in [3.63, 3.8) is 0 Å². The van der Waals surface area contributed by atoms with E-state index < -0.39 is 23.1 Å². The predicted molar refractivity (Wildman–Crippen MR) is 67.3 cm³/mol. The van der Waals surface area contributed by atoms with Gasteiger partial charge in [0.2, 0.25) is 0 Å². The fourth-order valence-corrected chi connectivity index (χ4v) is 2.07. The first kappa shape index (κ1) is 14.4. The van der Waals surface area contributed by atoms with Gasteiger partial charge in [-0.25, -0.2) is 18.6 Å². The molecule has 0 radical (unpaired) electrons. The first-order valence-corrected chi connectivity index (χ1v) is 5.88. The largest absolute Gasteiger partial charge is 0.480 e. The number of hydrogen-bond donors (Lipinski definition) is 1. The molecule has 108 valence electrons. The SMILES string of the molecule is COCc1nc2cc(F)c(F)cc2n1C(C)(C)C(=O)O. The summed E-state index contributed by atoms with van der Waals surface area (Å²) in [4.78, 5) is 15.5. The summed E-state index contributed by atoms with van der Waals surface area (Å²) in [6, 6.07) is 1.89. The predicted octanol–water partition coefficient (Wildman–Crippen LogP) is 2.28. The molecule has 1 aromatic heterocycles. The highest BCUT2D eigenvalue weighted by Gasteiger charge is 2.33. The lowest BCUT2D eigenvalue weighted by molar-refractivity contribution is -0.145. The number of fused-ring (bicyclic) bond motifs is 1. The monoisotopic (exact) mass is 284 g/mol. The summed E-state index contributed by atoms with van der Waals surface area (Å²) in [5.41, 5.74) is -0.971. The Hall–Kier alpha value is -2.02. The zero-order chi connectivity index (χ0) is 15.1. The molecule has 0 aliphatic carbocycles. The van der Waals surface area contributed by atoms with Crippen molar-refractivity contribution < 1.29 is 23.4 Å². The normalized spacial score (nSPS) is 12.1. The number of hydrogen-bond acceptors (Lipinski definition) is 3. The van der Waals surface area contributed by atoms with Crippen LogP contribution in [0.15, 0.2) is 12.1 Å². The van der Waals surface area contributed by atoms with Crippen molar-refractivity contribution >= 4 is 17.0 Å². The molecule has 0 saturated heterocycles. The smallest absolute Gasteiger partial charge is 0.329 e. The number of methoxy groups -OCH3 is 1. The highest BCUT2D eigenvalue weighted by atomic mass is 19.2. The first-order chi connectivity index (χ1) is 9.28. The van der Waals surface area contributed by atoms with Crippen LogP contribution in [0.5, 0.6) is 0 Å². The zero-order valence-electron chi connectivity index (χ0n) is 11.3. The highest BCUT2D eigenvalue weighted by molar-refractivity contribution is 5.82. The maximum Gasteiger partial charge on any atom is 0.329 e. The average molecular weight is 284 g/mol. The van der Waals surface area contributed by atoms with Crippen LogP contribution in [-0.4, -0.2) is 27.7 Å². The number of carboxylic acids is 1. The standard InChI is InChI=1S/C13H14F2N2O3/c1-13(2,12(18)19)17-10-5-8(15)7(14)4-9(10)16-11(17)6-20-3/h4-5H,6H2,1-3H3,(H,18,19). The summed E-state index contributed by atoms with van der Waals surface area (Å²) < 4.78 is 33.0. The Morgan fingerprint density at radius 1 is 1.40 bits per heavy atom. The molecule has 1 N–H and O–H groups in total. The van der Waals surface area contributed by atoms with Crippen LogP contribution in [0.2, 0.25) is 0 Å². The fraction of sp³-hybridized carbons (Fsp3) is 0.385. The molecule has 0 unspecified atom stereocenters. The van der Waals surface area contributed by atoms with Crippen molar-refractivity contribution in [1.29, 1.82) is 0 Å². The molecule has 0 saturated carbocycles. The Bertz CT molecular complexity index is 680. The van der Waals surface area contributed by atoms with Gasteiger partial charge in [-0.2, -0.15) is 0 Å². The molecular formula is C13H14F2N2O3. The van der Waals surface area contributed by atoms with Gasteiger partial charge < -0.3 is 14.4 Å². The first-order valence-electron chi connectivity index (χ1n) is 5.88. The van der Waals surface area contributed by atoms with Crippen molar-refractivity contribution in [1.82, 2.24) is 9.55 Å². The third-order valence-electron chi connectivity index (χ3n) is 3.12. The van der Waals surface area contributed by atoms with E-state index in [1.165, 1.54) is 25.5 Å². The quantitative estimate of drug-likeness (QED) is 0.935. The number of rotatable bonds is 4. The van der Waals surface area contributed by atoms with Crippen LogP contribution in [-0.2, 0) is 21.7 Å². The van der Waals surface area contributed by atoms with Crippen LogP contribution < -0.4 is 0 Å². The third kappa shape index (κ3) is 2.14. The minimum absolute atomic E-state index is 0.0363. The topological polar surface area (TPSA) is 64.4 Å². The van der Waals surface area contributed by atoms with Crippen molar-refractivity contribution in [2.24, 2.45) is 0 Å². The lowest BCUT2D eigenvalue weighted by Gasteiger charge is -2.24. The number of nitrogens with zero attached hydrogens (tertiary/aromatic N) is 2. The van der Waals surface area contributed by atoms with E-state index in [-0.39, 0.29) is 17.6 Å². The molecule has 0 amide bonds. The summed E-state index contributed by atoms with van der Waals surface area (Å²) >= 11 is 0. The highest BCUT2D eigenvalue weighted by Crippen LogP contribution is 2.27. The number of aliphatic carboxylic acids is 1. The molecule has 0 aliphatic rings. The minimum atomic E-state index is -1.37. The number of carboxylic acid groups (broad SMARTS) is 1. The van der Waals surface area contributed by atoms with Crippen LogP contribution in [0, 0.1) is 11.6 Å². The Balaban J connectivity index is 2.81. The molecule has 0 spiro atoms. The van der Waals surface area contributed by atoms with E-state index in [2.05, 4.69) is 4.98 Å². The summed E-state index contributed by atoms with van der Waals surface area (Å²) in [6.45, 7) is 2.95. The molecule has 20 heavy (non-hydrogen) atoms. The molecule has 0 aliphatic heterocycles. The molecule has 0 fully saturated rings. The van der Waals surface area contributed by atoms with E-state index in [0.29, 0.717) is 5.82 Å². The molecule has 2 aromatic rings. The Morgan fingerprint density at radius 2 is 2.00 bits per heavy atom. The number of ether oxygens (including phenoxy) is 1. The summed E-state index contributed by atoms with van der Waals surface area (Å²) in [6.07, 6.45) is 0. The van der Waals surface area contributed by atoms with Gasteiger partial charge in [0.05, 0.1) is 11.0 Å². The van der Waals surface area contributed by atoms with Crippen LogP contribution in [0.4, 0.5) is 8.78 Å². The molecule has 7 heteroatoms. The fourth-order valence-electron chi connectivity index (χ4n) is 2.07. The average Bonchev–Trinajstić information content (AvgIpc) is 2.68. The van der Waals surface area contributed by atoms with Crippen LogP contribution in [0.25, 0.3) is 11.0 Å². The van der Waals surface area contributed by atoms with Gasteiger partial charge in [-0.1, -0.05) is 0 Å². The molecule has 0 atom stereocenters. The minimum Gasteiger partial charge on any atom is -0.480 e.